The largest absolute Gasteiger partial charge is 0.491 e. The van der Waals surface area contributed by atoms with Crippen LogP contribution in [0.25, 0.3) is 0 Å². The Balaban J connectivity index is 1.54. The van der Waals surface area contributed by atoms with Crippen LogP contribution in [0.4, 0.5) is 5.69 Å². The van der Waals surface area contributed by atoms with Gasteiger partial charge in [0, 0.05) is 37.8 Å². The van der Waals surface area contributed by atoms with Crippen LogP contribution in [0.2, 0.25) is 5.02 Å². The lowest BCUT2D eigenvalue weighted by molar-refractivity contribution is 0.0103. The number of carbonyl (C=O) groups is 1. The van der Waals surface area contributed by atoms with E-state index in [1.807, 2.05) is 49.4 Å². The smallest absolute Gasteiger partial charge is 0.159 e. The van der Waals surface area contributed by atoms with Crippen LogP contribution >= 0.6 is 11.6 Å². The summed E-state index contributed by atoms with van der Waals surface area (Å²) in [6.07, 6.45) is 0. The first-order chi connectivity index (χ1) is 17.9. The minimum absolute atomic E-state index is 0.00788. The molecule has 3 aromatic carbocycles. The van der Waals surface area contributed by atoms with Crippen LogP contribution in [-0.2, 0) is 5.60 Å². The molecule has 1 aliphatic heterocycles. The Labute approximate surface area is 230 Å². The summed E-state index contributed by atoms with van der Waals surface area (Å²) in [5, 5.41) is 22.0. The number of halogens is 1. The first-order valence-electron chi connectivity index (χ1n) is 13.0. The molecule has 0 radical (unpaired) electrons. The van der Waals surface area contributed by atoms with Gasteiger partial charge < -0.3 is 19.8 Å². The van der Waals surface area contributed by atoms with Crippen molar-refractivity contribution in [3.63, 3.8) is 0 Å². The predicted molar refractivity (Wildman–Crippen MR) is 152 cm³/mol. The first-order valence-corrected chi connectivity index (χ1v) is 13.3. The van der Waals surface area contributed by atoms with Crippen molar-refractivity contribution in [2.75, 3.05) is 37.7 Å². The molecular weight excluding hydrogens is 500 g/mol. The molecule has 2 atom stereocenters. The number of aliphatic hydroxyl groups is 2. The fraction of sp³-hybridized carbons (Fsp3) is 0.387. The van der Waals surface area contributed by atoms with Crippen LogP contribution < -0.4 is 9.64 Å². The van der Waals surface area contributed by atoms with E-state index >= 15 is 0 Å². The second-order valence-electron chi connectivity index (χ2n) is 11.0. The summed E-state index contributed by atoms with van der Waals surface area (Å²) in [4.78, 5) is 16.2. The summed E-state index contributed by atoms with van der Waals surface area (Å²) in [6.45, 7) is 9.57. The molecule has 0 spiro atoms. The first kappa shape index (κ1) is 28.1. The highest BCUT2D eigenvalue weighted by Crippen LogP contribution is 2.38. The number of Topliss-reactive ketones (excluding diaryl/α,β-unsaturated/α-hetero) is 1. The highest BCUT2D eigenvalue weighted by Gasteiger charge is 2.34. The zero-order chi connectivity index (χ0) is 27.5. The van der Waals surface area contributed by atoms with E-state index in [2.05, 4.69) is 21.9 Å². The zero-order valence-electron chi connectivity index (χ0n) is 22.5. The molecule has 1 aliphatic rings. The summed E-state index contributed by atoms with van der Waals surface area (Å²) in [5.41, 5.74) is 1.50. The Morgan fingerprint density at radius 3 is 2.29 bits per heavy atom. The van der Waals surface area contributed by atoms with Gasteiger partial charge in [0.05, 0.1) is 28.0 Å². The number of ether oxygens (including phenoxy) is 1. The number of hydrogen-bond acceptors (Lipinski definition) is 6. The standard InChI is InChI=1S/C31H37ClN2O4/c1-22(35)23-10-12-25(13-11-23)31(4,37)20-33-16-17-34(29(19-33)24-8-6-5-7-9-24)28-15-14-26(18-27(28)32)38-21-30(2,3)36/h5-15,18,29,36-37H,16-17,19-21H2,1-4H3/t29-,31+/m0/s1. The van der Waals surface area contributed by atoms with E-state index in [-0.39, 0.29) is 18.4 Å². The van der Waals surface area contributed by atoms with Gasteiger partial charge in [-0.05, 0) is 51.0 Å². The molecule has 0 bridgehead atoms. The number of rotatable bonds is 9. The van der Waals surface area contributed by atoms with Gasteiger partial charge in [-0.25, -0.2) is 0 Å². The van der Waals surface area contributed by atoms with Gasteiger partial charge in [-0.2, -0.15) is 0 Å². The van der Waals surface area contributed by atoms with Crippen LogP contribution in [0.3, 0.4) is 0 Å². The fourth-order valence-corrected chi connectivity index (χ4v) is 5.17. The Hall–Kier alpha value is -2.90. The van der Waals surface area contributed by atoms with E-state index in [1.165, 1.54) is 5.56 Å². The average Bonchev–Trinajstić information content (AvgIpc) is 2.88. The average molecular weight is 537 g/mol. The normalized spacial score (nSPS) is 18.2. The number of ketones is 1. The molecule has 38 heavy (non-hydrogen) atoms. The van der Waals surface area contributed by atoms with Crippen molar-refractivity contribution in [3.8, 4) is 5.75 Å². The van der Waals surface area contributed by atoms with Gasteiger partial charge in [0.15, 0.2) is 5.78 Å². The number of anilines is 1. The molecule has 1 fully saturated rings. The number of piperazine rings is 1. The number of β-amino-alcohol motifs (C(OH)–C–C–N with tert-alkyl or cyclic N) is 1. The Morgan fingerprint density at radius 1 is 1.00 bits per heavy atom. The van der Waals surface area contributed by atoms with Crippen LogP contribution in [-0.4, -0.2) is 59.3 Å². The maximum atomic E-state index is 11.7. The van der Waals surface area contributed by atoms with E-state index in [0.29, 0.717) is 29.4 Å². The lowest BCUT2D eigenvalue weighted by Crippen LogP contribution is -2.52. The summed E-state index contributed by atoms with van der Waals surface area (Å²) < 4.78 is 5.73. The fourth-order valence-electron chi connectivity index (χ4n) is 4.89. The molecule has 1 heterocycles. The maximum absolute atomic E-state index is 11.7. The van der Waals surface area contributed by atoms with Crippen LogP contribution in [0, 0.1) is 0 Å². The van der Waals surface area contributed by atoms with E-state index in [4.69, 9.17) is 16.3 Å². The van der Waals surface area contributed by atoms with Crippen molar-refractivity contribution in [3.05, 3.63) is 94.5 Å². The molecule has 4 rings (SSSR count). The Kier molecular flexibility index (Phi) is 8.48. The minimum Gasteiger partial charge on any atom is -0.491 e. The quantitative estimate of drug-likeness (QED) is 0.354. The van der Waals surface area contributed by atoms with Crippen LogP contribution in [0.5, 0.6) is 5.75 Å². The van der Waals surface area contributed by atoms with Gasteiger partial charge in [-0.1, -0.05) is 66.2 Å². The molecule has 0 unspecified atom stereocenters. The maximum Gasteiger partial charge on any atom is 0.159 e. The topological polar surface area (TPSA) is 73.2 Å². The lowest BCUT2D eigenvalue weighted by atomic mass is 9.92. The van der Waals surface area contributed by atoms with Crippen LogP contribution in [0.15, 0.2) is 72.8 Å². The molecule has 0 amide bonds. The van der Waals surface area contributed by atoms with Gasteiger partial charge in [0.25, 0.3) is 0 Å². The van der Waals surface area contributed by atoms with Gasteiger partial charge in [-0.15, -0.1) is 0 Å². The van der Waals surface area contributed by atoms with Gasteiger partial charge in [0.2, 0.25) is 0 Å². The lowest BCUT2D eigenvalue weighted by Gasteiger charge is -2.45. The molecule has 3 aromatic rings. The zero-order valence-corrected chi connectivity index (χ0v) is 23.3. The van der Waals surface area contributed by atoms with Crippen LogP contribution in [0.1, 0.15) is 55.2 Å². The van der Waals surface area contributed by atoms with Gasteiger partial charge in [-0.3, -0.25) is 9.69 Å². The molecule has 7 heteroatoms. The highest BCUT2D eigenvalue weighted by atomic mass is 35.5. The molecule has 6 nitrogen and oxygen atoms in total. The van der Waals surface area contributed by atoms with Crippen molar-refractivity contribution < 1.29 is 19.7 Å². The third-order valence-electron chi connectivity index (χ3n) is 6.91. The second kappa shape index (κ2) is 11.5. The minimum atomic E-state index is -1.07. The summed E-state index contributed by atoms with van der Waals surface area (Å²) >= 11 is 6.76. The monoisotopic (exact) mass is 536 g/mol. The number of carbonyl (C=O) groups excluding carboxylic acids is 1. The molecule has 202 valence electrons. The number of nitrogens with zero attached hydrogens (tertiary/aromatic N) is 2. The summed E-state index contributed by atoms with van der Waals surface area (Å²) in [5.74, 6) is 0.621. The highest BCUT2D eigenvalue weighted by molar-refractivity contribution is 6.33. The third kappa shape index (κ3) is 6.94. The van der Waals surface area contributed by atoms with Crippen molar-refractivity contribution in [2.24, 2.45) is 0 Å². The summed E-state index contributed by atoms with van der Waals surface area (Å²) in [7, 11) is 0. The third-order valence-corrected chi connectivity index (χ3v) is 7.22. The Morgan fingerprint density at radius 2 is 1.68 bits per heavy atom. The second-order valence-corrected chi connectivity index (χ2v) is 11.4. The Bertz CT molecular complexity index is 1240. The van der Waals surface area contributed by atoms with E-state index in [9.17, 15) is 15.0 Å². The SMILES string of the molecule is CC(=O)c1ccc([C@](C)(O)CN2CCN(c3ccc(OCC(C)(C)O)cc3Cl)[C@H](c3ccccc3)C2)cc1. The van der Waals surface area contributed by atoms with Crippen molar-refractivity contribution in [1.82, 2.24) is 4.90 Å². The van der Waals surface area contributed by atoms with E-state index in [1.54, 1.807) is 39.0 Å². The number of benzene rings is 3. The summed E-state index contributed by atoms with van der Waals surface area (Å²) in [6, 6.07) is 23.2. The van der Waals surface area contributed by atoms with Crippen molar-refractivity contribution in [1.29, 1.82) is 0 Å². The van der Waals surface area contributed by atoms with Gasteiger partial charge >= 0.3 is 0 Å². The molecule has 2 N–H and O–H groups in total. The van der Waals surface area contributed by atoms with E-state index < -0.39 is 11.2 Å². The van der Waals surface area contributed by atoms with Crippen molar-refractivity contribution >= 4 is 23.1 Å². The van der Waals surface area contributed by atoms with E-state index in [0.717, 1.165) is 24.3 Å². The molecule has 0 saturated carbocycles. The predicted octanol–water partition coefficient (Wildman–Crippen LogP) is 5.46. The molecule has 0 aromatic heterocycles. The van der Waals surface area contributed by atoms with Gasteiger partial charge in [0.1, 0.15) is 12.4 Å². The molecule has 0 aliphatic carbocycles. The molecular formula is C31H37ClN2O4. The van der Waals surface area contributed by atoms with Crippen molar-refractivity contribution in [2.45, 2.75) is 44.9 Å². The number of hydrogen-bond donors (Lipinski definition) is 2. The molecule has 1 saturated heterocycles.